The first-order chi connectivity index (χ1) is 15.9. The van der Waals surface area contributed by atoms with Crippen LogP contribution in [0.2, 0.25) is 5.02 Å². The molecule has 4 rings (SSSR count). The van der Waals surface area contributed by atoms with Gasteiger partial charge >= 0.3 is 6.03 Å². The second-order valence-corrected chi connectivity index (χ2v) is 8.69. The highest BCUT2D eigenvalue weighted by molar-refractivity contribution is 6.30. The van der Waals surface area contributed by atoms with E-state index in [9.17, 15) is 14.4 Å². The number of urea groups is 1. The maximum absolute atomic E-state index is 13.0. The van der Waals surface area contributed by atoms with Crippen molar-refractivity contribution in [3.8, 4) is 5.75 Å². The Morgan fingerprint density at radius 2 is 1.97 bits per heavy atom. The highest BCUT2D eigenvalue weighted by Crippen LogP contribution is 2.25. The minimum Gasteiger partial charge on any atom is -0.497 e. The quantitative estimate of drug-likeness (QED) is 0.650. The molecule has 33 heavy (non-hydrogen) atoms. The molecule has 2 aromatic carbocycles. The average Bonchev–Trinajstić information content (AvgIpc) is 3.47. The van der Waals surface area contributed by atoms with Gasteiger partial charge in [0.2, 0.25) is 11.8 Å². The second kappa shape index (κ2) is 10.1. The Labute approximate surface area is 197 Å². The van der Waals surface area contributed by atoms with Crippen LogP contribution in [-0.2, 0) is 16.0 Å². The number of hydrogen-bond donors (Lipinski definition) is 2. The van der Waals surface area contributed by atoms with Gasteiger partial charge in [0.1, 0.15) is 11.8 Å². The Balaban J connectivity index is 1.27. The van der Waals surface area contributed by atoms with Gasteiger partial charge < -0.3 is 20.3 Å². The molecule has 2 saturated heterocycles. The minimum absolute atomic E-state index is 0.0484. The number of nitrogens with one attached hydrogen (secondary N) is 2. The van der Waals surface area contributed by atoms with E-state index in [1.165, 1.54) is 4.90 Å². The lowest BCUT2D eigenvalue weighted by Crippen LogP contribution is -2.45. The second-order valence-electron chi connectivity index (χ2n) is 8.25. The summed E-state index contributed by atoms with van der Waals surface area (Å²) in [6.45, 7) is 1.62. The summed E-state index contributed by atoms with van der Waals surface area (Å²) < 4.78 is 5.22. The van der Waals surface area contributed by atoms with Crippen molar-refractivity contribution < 1.29 is 19.1 Å². The van der Waals surface area contributed by atoms with Crippen LogP contribution in [0.3, 0.4) is 0 Å². The van der Waals surface area contributed by atoms with Crippen LogP contribution in [-0.4, -0.2) is 62.1 Å². The van der Waals surface area contributed by atoms with E-state index >= 15 is 0 Å². The number of ether oxygens (including phenoxy) is 1. The zero-order chi connectivity index (χ0) is 23.4. The number of benzene rings is 2. The molecule has 2 aromatic rings. The number of carbonyl (C=O) groups excluding carboxylic acids is 3. The van der Waals surface area contributed by atoms with Crippen molar-refractivity contribution in [3.63, 3.8) is 0 Å². The van der Waals surface area contributed by atoms with Gasteiger partial charge in [-0.25, -0.2) is 4.79 Å². The molecule has 0 radical (unpaired) electrons. The van der Waals surface area contributed by atoms with Gasteiger partial charge in [0.05, 0.1) is 19.6 Å². The molecule has 8 nitrogen and oxygen atoms in total. The largest absolute Gasteiger partial charge is 0.497 e. The summed E-state index contributed by atoms with van der Waals surface area (Å²) in [5, 5.41) is 6.41. The summed E-state index contributed by atoms with van der Waals surface area (Å²) in [7, 11) is 1.56. The normalized spacial score (nSPS) is 20.0. The number of amides is 4. The minimum atomic E-state index is -0.643. The van der Waals surface area contributed by atoms with Crippen LogP contribution in [0.25, 0.3) is 0 Å². The van der Waals surface area contributed by atoms with Crippen LogP contribution in [0.4, 0.5) is 10.5 Å². The first-order valence-electron chi connectivity index (χ1n) is 11.0. The SMILES string of the molecule is COc1cccc(N2CC(C(=O)N3CCC(C(=O)NCCc4ccc(Cl)cc4)C3)NC2=O)c1. The number of anilines is 1. The van der Waals surface area contributed by atoms with E-state index in [1.54, 1.807) is 36.3 Å². The number of methoxy groups -OCH3 is 1. The van der Waals surface area contributed by atoms with E-state index in [-0.39, 0.29) is 30.3 Å². The third kappa shape index (κ3) is 5.39. The van der Waals surface area contributed by atoms with Crippen molar-refractivity contribution in [2.24, 2.45) is 5.92 Å². The fourth-order valence-corrected chi connectivity index (χ4v) is 4.33. The number of hydrogen-bond acceptors (Lipinski definition) is 4. The van der Waals surface area contributed by atoms with Gasteiger partial charge in [-0.1, -0.05) is 29.8 Å². The molecular weight excluding hydrogens is 444 g/mol. The molecule has 0 aromatic heterocycles. The lowest BCUT2D eigenvalue weighted by molar-refractivity contribution is -0.132. The zero-order valence-electron chi connectivity index (χ0n) is 18.4. The van der Waals surface area contributed by atoms with Gasteiger partial charge in [0.15, 0.2) is 0 Å². The van der Waals surface area contributed by atoms with Crippen molar-refractivity contribution in [2.45, 2.75) is 18.9 Å². The molecule has 2 atom stereocenters. The van der Waals surface area contributed by atoms with Crippen LogP contribution >= 0.6 is 11.6 Å². The van der Waals surface area contributed by atoms with Gasteiger partial charge in [0.25, 0.3) is 0 Å². The van der Waals surface area contributed by atoms with Crippen LogP contribution in [0.5, 0.6) is 5.75 Å². The summed E-state index contributed by atoms with van der Waals surface area (Å²) in [4.78, 5) is 41.2. The molecule has 0 spiro atoms. The molecule has 2 heterocycles. The Morgan fingerprint density at radius 1 is 1.18 bits per heavy atom. The van der Waals surface area contributed by atoms with E-state index in [2.05, 4.69) is 10.6 Å². The molecule has 9 heteroatoms. The Hall–Kier alpha value is -3.26. The molecule has 2 N–H and O–H groups in total. The zero-order valence-corrected chi connectivity index (χ0v) is 19.2. The summed E-state index contributed by atoms with van der Waals surface area (Å²) >= 11 is 5.90. The third-order valence-corrected chi connectivity index (χ3v) is 6.32. The van der Waals surface area contributed by atoms with Crippen molar-refractivity contribution in [3.05, 3.63) is 59.1 Å². The standard InChI is InChI=1S/C24H27ClN4O4/c1-33-20-4-2-3-19(13-20)29-15-21(27-24(29)32)23(31)28-12-10-17(14-28)22(30)26-11-9-16-5-7-18(25)8-6-16/h2-8,13,17,21H,9-12,14-15H2,1H3,(H,26,30)(H,27,32). The van der Waals surface area contributed by atoms with Crippen molar-refractivity contribution >= 4 is 35.1 Å². The van der Waals surface area contributed by atoms with Gasteiger partial charge in [-0.15, -0.1) is 0 Å². The lowest BCUT2D eigenvalue weighted by Gasteiger charge is -2.20. The van der Waals surface area contributed by atoms with Crippen molar-refractivity contribution in [1.29, 1.82) is 0 Å². The highest BCUT2D eigenvalue weighted by atomic mass is 35.5. The number of likely N-dealkylation sites (tertiary alicyclic amines) is 1. The summed E-state index contributed by atoms with van der Waals surface area (Å²) in [6, 6.07) is 13.7. The predicted octanol–water partition coefficient (Wildman–Crippen LogP) is 2.45. The topological polar surface area (TPSA) is 91.0 Å². The summed E-state index contributed by atoms with van der Waals surface area (Å²) in [5.74, 6) is 0.184. The number of carbonyl (C=O) groups is 3. The third-order valence-electron chi connectivity index (χ3n) is 6.07. The van der Waals surface area contributed by atoms with E-state index < -0.39 is 6.04 Å². The molecule has 0 saturated carbocycles. The molecule has 4 amide bonds. The maximum atomic E-state index is 13.0. The molecule has 2 unspecified atom stereocenters. The van der Waals surface area contributed by atoms with Gasteiger partial charge in [-0.05, 0) is 42.7 Å². The van der Waals surface area contributed by atoms with Crippen LogP contribution in [0.15, 0.2) is 48.5 Å². The van der Waals surface area contributed by atoms with E-state index in [0.717, 1.165) is 5.56 Å². The van der Waals surface area contributed by atoms with Gasteiger partial charge in [-0.3, -0.25) is 14.5 Å². The highest BCUT2D eigenvalue weighted by Gasteiger charge is 2.39. The Morgan fingerprint density at radius 3 is 2.73 bits per heavy atom. The summed E-state index contributed by atoms with van der Waals surface area (Å²) in [5.41, 5.74) is 1.77. The van der Waals surface area contributed by atoms with Crippen LogP contribution in [0, 0.1) is 5.92 Å². The van der Waals surface area contributed by atoms with E-state index in [4.69, 9.17) is 16.3 Å². The maximum Gasteiger partial charge on any atom is 0.322 e. The Bertz CT molecular complexity index is 1030. The predicted molar refractivity (Wildman–Crippen MR) is 126 cm³/mol. The molecule has 2 aliphatic rings. The summed E-state index contributed by atoms with van der Waals surface area (Å²) in [6.07, 6.45) is 1.32. The molecule has 0 aliphatic carbocycles. The first-order valence-corrected chi connectivity index (χ1v) is 11.4. The molecule has 2 fully saturated rings. The molecule has 0 bridgehead atoms. The van der Waals surface area contributed by atoms with Crippen LogP contribution in [0.1, 0.15) is 12.0 Å². The first kappa shape index (κ1) is 22.9. The lowest BCUT2D eigenvalue weighted by atomic mass is 10.1. The van der Waals surface area contributed by atoms with Crippen molar-refractivity contribution in [2.75, 3.05) is 38.2 Å². The smallest absolute Gasteiger partial charge is 0.322 e. The average molecular weight is 471 g/mol. The fourth-order valence-electron chi connectivity index (χ4n) is 4.20. The van der Waals surface area contributed by atoms with Gasteiger partial charge in [0, 0.05) is 36.4 Å². The number of rotatable bonds is 7. The van der Waals surface area contributed by atoms with Crippen LogP contribution < -0.4 is 20.3 Å². The van der Waals surface area contributed by atoms with E-state index in [1.807, 2.05) is 24.3 Å². The molecule has 174 valence electrons. The van der Waals surface area contributed by atoms with Gasteiger partial charge in [-0.2, -0.15) is 0 Å². The van der Waals surface area contributed by atoms with Crippen molar-refractivity contribution in [1.82, 2.24) is 15.5 Å². The molecule has 2 aliphatic heterocycles. The molecular formula is C24H27ClN4O4. The number of nitrogens with zero attached hydrogens (tertiary/aromatic N) is 2. The Kier molecular flexibility index (Phi) is 7.03. The monoisotopic (exact) mass is 470 g/mol. The van der Waals surface area contributed by atoms with E-state index in [0.29, 0.717) is 48.9 Å². The number of halogens is 1. The fraction of sp³-hybridized carbons (Fsp3) is 0.375.